The molecule has 0 saturated heterocycles. The second-order valence-electron chi connectivity index (χ2n) is 7.40. The van der Waals surface area contributed by atoms with E-state index >= 15 is 0 Å². The van der Waals surface area contributed by atoms with Crippen molar-refractivity contribution in [3.8, 4) is 0 Å². The number of hydrogen-bond donors (Lipinski definition) is 1. The van der Waals surface area contributed by atoms with Crippen LogP contribution in [0.5, 0.6) is 0 Å². The van der Waals surface area contributed by atoms with Crippen LogP contribution in [0.3, 0.4) is 0 Å². The van der Waals surface area contributed by atoms with Crippen molar-refractivity contribution in [2.24, 2.45) is 23.2 Å². The van der Waals surface area contributed by atoms with E-state index in [0.717, 1.165) is 17.8 Å². The predicted molar refractivity (Wildman–Crippen MR) is 78.8 cm³/mol. The third-order valence-corrected chi connectivity index (χ3v) is 5.16. The van der Waals surface area contributed by atoms with Crippen molar-refractivity contribution >= 4 is 0 Å². The lowest BCUT2D eigenvalue weighted by Crippen LogP contribution is -2.45. The Bertz CT molecular complexity index is 262. The van der Waals surface area contributed by atoms with Crippen LogP contribution in [0.25, 0.3) is 0 Å². The minimum absolute atomic E-state index is 0.541. The van der Waals surface area contributed by atoms with Crippen LogP contribution in [0, 0.1) is 23.2 Å². The molecule has 0 radical (unpaired) electrons. The second-order valence-corrected chi connectivity index (χ2v) is 7.40. The highest BCUT2D eigenvalue weighted by atomic mass is 15.1. The van der Waals surface area contributed by atoms with E-state index in [2.05, 4.69) is 38.2 Å². The zero-order chi connectivity index (χ0) is 13.2. The maximum atomic E-state index is 3.46. The summed E-state index contributed by atoms with van der Waals surface area (Å²) in [6.45, 7) is 8.64. The molecule has 0 aromatic rings. The van der Waals surface area contributed by atoms with Gasteiger partial charge in [-0.15, -0.1) is 0 Å². The molecular formula is C16H32N2. The predicted octanol–water partition coefficient (Wildman–Crippen LogP) is 2.99. The van der Waals surface area contributed by atoms with E-state index in [-0.39, 0.29) is 0 Å². The van der Waals surface area contributed by atoms with Crippen molar-refractivity contribution in [2.45, 2.75) is 46.0 Å². The minimum Gasteiger partial charge on any atom is -0.319 e. The Hall–Kier alpha value is -0.0800. The lowest BCUT2D eigenvalue weighted by molar-refractivity contribution is 0.0914. The molecule has 0 bridgehead atoms. The average molecular weight is 252 g/mol. The lowest BCUT2D eigenvalue weighted by atomic mass is 9.69. The Morgan fingerprint density at radius 3 is 2.61 bits per heavy atom. The molecule has 1 N–H and O–H groups in total. The highest BCUT2D eigenvalue weighted by molar-refractivity contribution is 4.91. The smallest absolute Gasteiger partial charge is 0.00473 e. The monoisotopic (exact) mass is 252 g/mol. The van der Waals surface area contributed by atoms with Crippen molar-refractivity contribution < 1.29 is 0 Å². The normalized spacial score (nSPS) is 40.2. The minimum atomic E-state index is 0.541. The molecule has 106 valence electrons. The first kappa shape index (κ1) is 14.3. The fourth-order valence-electron chi connectivity index (χ4n) is 4.19. The van der Waals surface area contributed by atoms with Gasteiger partial charge in [0.1, 0.15) is 0 Å². The van der Waals surface area contributed by atoms with E-state index in [0.29, 0.717) is 5.41 Å². The van der Waals surface area contributed by atoms with Gasteiger partial charge in [0, 0.05) is 19.6 Å². The first-order valence-corrected chi connectivity index (χ1v) is 7.88. The molecule has 0 heterocycles. The maximum absolute atomic E-state index is 3.46. The van der Waals surface area contributed by atoms with Gasteiger partial charge in [-0.3, -0.25) is 0 Å². The summed E-state index contributed by atoms with van der Waals surface area (Å²) in [5.41, 5.74) is 0.541. The molecule has 4 unspecified atom stereocenters. The van der Waals surface area contributed by atoms with Crippen molar-refractivity contribution in [3.05, 3.63) is 0 Å². The summed E-state index contributed by atoms with van der Waals surface area (Å²) in [6.07, 6.45) is 7.16. The van der Waals surface area contributed by atoms with E-state index in [1.54, 1.807) is 0 Å². The summed E-state index contributed by atoms with van der Waals surface area (Å²) < 4.78 is 0. The zero-order valence-corrected chi connectivity index (χ0v) is 12.8. The van der Waals surface area contributed by atoms with Gasteiger partial charge in [-0.05, 0) is 56.5 Å². The van der Waals surface area contributed by atoms with E-state index in [9.17, 15) is 0 Å². The highest BCUT2D eigenvalue weighted by Gasteiger charge is 2.38. The summed E-state index contributed by atoms with van der Waals surface area (Å²) in [5.74, 6) is 2.89. The van der Waals surface area contributed by atoms with Gasteiger partial charge in [-0.2, -0.15) is 0 Å². The third kappa shape index (κ3) is 3.71. The Morgan fingerprint density at radius 1 is 1.33 bits per heavy atom. The quantitative estimate of drug-likeness (QED) is 0.782. The largest absolute Gasteiger partial charge is 0.319 e. The molecule has 0 spiro atoms. The van der Waals surface area contributed by atoms with Crippen molar-refractivity contribution in [2.75, 3.05) is 33.7 Å². The molecule has 2 nitrogen and oxygen atoms in total. The standard InChI is InChI=1S/C16H32N2/c1-13-6-5-7-16(9-13,11-17-3)12-18(4)10-15-8-14(15)2/h13-15,17H,5-12H2,1-4H3. The molecule has 2 aliphatic carbocycles. The Morgan fingerprint density at radius 2 is 2.06 bits per heavy atom. The average Bonchev–Trinajstić information content (AvgIpc) is 2.93. The molecule has 2 rings (SSSR count). The van der Waals surface area contributed by atoms with Crippen LogP contribution < -0.4 is 5.32 Å². The summed E-state index contributed by atoms with van der Waals surface area (Å²) in [4.78, 5) is 2.61. The highest BCUT2D eigenvalue weighted by Crippen LogP contribution is 2.41. The topological polar surface area (TPSA) is 15.3 Å². The Labute approximate surface area is 114 Å². The summed E-state index contributed by atoms with van der Waals surface area (Å²) in [5, 5.41) is 3.46. The van der Waals surface area contributed by atoms with E-state index in [1.807, 2.05) is 0 Å². The van der Waals surface area contributed by atoms with E-state index in [4.69, 9.17) is 0 Å². The molecule has 2 fully saturated rings. The zero-order valence-electron chi connectivity index (χ0n) is 12.8. The fraction of sp³-hybridized carbons (Fsp3) is 1.00. The van der Waals surface area contributed by atoms with Crippen molar-refractivity contribution in [1.82, 2.24) is 10.2 Å². The van der Waals surface area contributed by atoms with Crippen LogP contribution in [0.4, 0.5) is 0 Å². The maximum Gasteiger partial charge on any atom is 0.00473 e. The summed E-state index contributed by atoms with van der Waals surface area (Å²) in [6, 6.07) is 0. The molecular weight excluding hydrogens is 220 g/mol. The molecule has 0 aromatic carbocycles. The molecule has 4 atom stereocenters. The van der Waals surface area contributed by atoms with Gasteiger partial charge >= 0.3 is 0 Å². The van der Waals surface area contributed by atoms with Crippen LogP contribution in [-0.2, 0) is 0 Å². The van der Waals surface area contributed by atoms with Crippen LogP contribution in [0.2, 0.25) is 0 Å². The van der Waals surface area contributed by atoms with Gasteiger partial charge in [0.2, 0.25) is 0 Å². The second kappa shape index (κ2) is 5.92. The van der Waals surface area contributed by atoms with Crippen LogP contribution in [0.15, 0.2) is 0 Å². The summed E-state index contributed by atoms with van der Waals surface area (Å²) >= 11 is 0. The van der Waals surface area contributed by atoms with Crippen molar-refractivity contribution in [3.63, 3.8) is 0 Å². The van der Waals surface area contributed by atoms with Gasteiger partial charge in [-0.25, -0.2) is 0 Å². The SMILES string of the molecule is CNCC1(CN(C)CC2CC2C)CCCC(C)C1. The number of nitrogens with one attached hydrogen (secondary N) is 1. The lowest BCUT2D eigenvalue weighted by Gasteiger charge is -2.42. The number of rotatable bonds is 6. The molecule has 2 aliphatic rings. The Balaban J connectivity index is 1.87. The molecule has 0 aliphatic heterocycles. The molecule has 2 heteroatoms. The van der Waals surface area contributed by atoms with E-state index in [1.165, 1.54) is 51.7 Å². The van der Waals surface area contributed by atoms with Crippen LogP contribution in [0.1, 0.15) is 46.0 Å². The molecule has 2 saturated carbocycles. The van der Waals surface area contributed by atoms with Gasteiger partial charge in [0.15, 0.2) is 0 Å². The number of hydrogen-bond acceptors (Lipinski definition) is 2. The van der Waals surface area contributed by atoms with Crippen molar-refractivity contribution in [1.29, 1.82) is 0 Å². The van der Waals surface area contributed by atoms with Crippen LogP contribution in [-0.4, -0.2) is 38.6 Å². The van der Waals surface area contributed by atoms with E-state index < -0.39 is 0 Å². The first-order chi connectivity index (χ1) is 8.54. The fourth-order valence-corrected chi connectivity index (χ4v) is 4.19. The molecule has 0 aromatic heterocycles. The molecule has 0 amide bonds. The van der Waals surface area contributed by atoms with Crippen LogP contribution >= 0.6 is 0 Å². The van der Waals surface area contributed by atoms with Gasteiger partial charge in [0.05, 0.1) is 0 Å². The third-order valence-electron chi connectivity index (χ3n) is 5.16. The van der Waals surface area contributed by atoms with Gasteiger partial charge < -0.3 is 10.2 Å². The molecule has 18 heavy (non-hydrogen) atoms. The first-order valence-electron chi connectivity index (χ1n) is 7.88. The van der Waals surface area contributed by atoms with Gasteiger partial charge in [-0.1, -0.05) is 26.7 Å². The Kier molecular flexibility index (Phi) is 4.71. The summed E-state index contributed by atoms with van der Waals surface area (Å²) in [7, 11) is 4.45. The van der Waals surface area contributed by atoms with Gasteiger partial charge in [0.25, 0.3) is 0 Å². The number of nitrogens with zero attached hydrogens (tertiary/aromatic N) is 1.